The zero-order chi connectivity index (χ0) is 16.7. The van der Waals surface area contributed by atoms with Crippen molar-refractivity contribution in [3.05, 3.63) is 24.3 Å². The monoisotopic (exact) mass is 353 g/mol. The van der Waals surface area contributed by atoms with Gasteiger partial charge >= 0.3 is 0 Å². The Hall–Kier alpha value is -1.80. The highest BCUT2D eigenvalue weighted by Crippen LogP contribution is 2.27. The van der Waals surface area contributed by atoms with Crippen molar-refractivity contribution in [2.24, 2.45) is 5.92 Å². The molecule has 2 rings (SSSR count). The summed E-state index contributed by atoms with van der Waals surface area (Å²) in [6, 6.07) is 7.18. The maximum absolute atomic E-state index is 11.9. The first-order valence-electron chi connectivity index (χ1n) is 7.10. The van der Waals surface area contributed by atoms with Gasteiger partial charge in [0.2, 0.25) is 5.13 Å². The van der Waals surface area contributed by atoms with Gasteiger partial charge in [-0.15, -0.1) is 10.2 Å². The standard InChI is InChI=1S/C15H19N3O3S2/c1-10(2)9-22-15-18-17-14(23-15)16-13(19)8-21-12-7-5-4-6-11(12)20-3/h4-7,10H,8-9H2,1-3H3,(H,16,17,19). The van der Waals surface area contributed by atoms with Gasteiger partial charge < -0.3 is 9.47 Å². The number of para-hydroxylation sites is 2. The molecular formula is C15H19N3O3S2. The summed E-state index contributed by atoms with van der Waals surface area (Å²) in [5, 5.41) is 11.2. The fourth-order valence-electron chi connectivity index (χ4n) is 1.59. The van der Waals surface area contributed by atoms with E-state index in [1.165, 1.54) is 11.3 Å². The lowest BCUT2D eigenvalue weighted by Gasteiger charge is -2.09. The van der Waals surface area contributed by atoms with Crippen LogP contribution in [-0.4, -0.2) is 35.6 Å². The minimum atomic E-state index is -0.285. The largest absolute Gasteiger partial charge is 0.493 e. The highest BCUT2D eigenvalue weighted by atomic mass is 32.2. The lowest BCUT2D eigenvalue weighted by molar-refractivity contribution is -0.118. The van der Waals surface area contributed by atoms with Crippen molar-refractivity contribution in [1.29, 1.82) is 0 Å². The van der Waals surface area contributed by atoms with E-state index in [-0.39, 0.29) is 12.5 Å². The molecule has 1 amide bonds. The highest BCUT2D eigenvalue weighted by Gasteiger charge is 2.11. The lowest BCUT2D eigenvalue weighted by Crippen LogP contribution is -2.20. The van der Waals surface area contributed by atoms with E-state index in [4.69, 9.17) is 9.47 Å². The SMILES string of the molecule is COc1ccccc1OCC(=O)Nc1nnc(SCC(C)C)s1. The average Bonchev–Trinajstić information content (AvgIpc) is 2.98. The minimum absolute atomic E-state index is 0.117. The van der Waals surface area contributed by atoms with Gasteiger partial charge in [0.1, 0.15) is 0 Å². The number of ether oxygens (including phenoxy) is 2. The van der Waals surface area contributed by atoms with Crippen molar-refractivity contribution >= 4 is 34.1 Å². The van der Waals surface area contributed by atoms with Gasteiger partial charge in [-0.1, -0.05) is 49.1 Å². The molecule has 0 saturated carbocycles. The number of thioether (sulfide) groups is 1. The summed E-state index contributed by atoms with van der Waals surface area (Å²) in [6.45, 7) is 4.17. The number of anilines is 1. The van der Waals surface area contributed by atoms with E-state index < -0.39 is 0 Å². The topological polar surface area (TPSA) is 73.3 Å². The Morgan fingerprint density at radius 2 is 2.04 bits per heavy atom. The number of rotatable bonds is 8. The molecule has 0 saturated heterocycles. The molecule has 0 radical (unpaired) electrons. The van der Waals surface area contributed by atoms with E-state index in [9.17, 15) is 4.79 Å². The first kappa shape index (κ1) is 17.6. The quantitative estimate of drug-likeness (QED) is 0.580. The molecule has 2 aromatic rings. The molecule has 0 spiro atoms. The number of carbonyl (C=O) groups is 1. The maximum atomic E-state index is 11.9. The first-order valence-corrected chi connectivity index (χ1v) is 8.90. The van der Waals surface area contributed by atoms with Crippen molar-refractivity contribution in [2.75, 3.05) is 24.8 Å². The number of aromatic nitrogens is 2. The third kappa shape index (κ3) is 5.72. The molecule has 0 aliphatic rings. The Bertz CT molecular complexity index is 646. The summed E-state index contributed by atoms with van der Waals surface area (Å²) in [5.41, 5.74) is 0. The summed E-state index contributed by atoms with van der Waals surface area (Å²) in [5.74, 6) is 2.38. The third-order valence-electron chi connectivity index (χ3n) is 2.62. The molecule has 1 N–H and O–H groups in total. The van der Waals surface area contributed by atoms with Gasteiger partial charge in [-0.3, -0.25) is 10.1 Å². The predicted molar refractivity (Wildman–Crippen MR) is 92.6 cm³/mol. The number of nitrogens with one attached hydrogen (secondary N) is 1. The van der Waals surface area contributed by atoms with E-state index in [1.807, 2.05) is 12.1 Å². The number of nitrogens with zero attached hydrogens (tertiary/aromatic N) is 2. The van der Waals surface area contributed by atoms with Crippen LogP contribution in [0.15, 0.2) is 28.6 Å². The molecule has 0 atom stereocenters. The van der Waals surface area contributed by atoms with E-state index >= 15 is 0 Å². The Labute approximate surface area is 143 Å². The Morgan fingerprint density at radius 3 is 2.74 bits per heavy atom. The highest BCUT2D eigenvalue weighted by molar-refractivity contribution is 8.01. The third-order valence-corrected chi connectivity index (χ3v) is 5.02. The van der Waals surface area contributed by atoms with Gasteiger partial charge in [-0.25, -0.2) is 0 Å². The average molecular weight is 353 g/mol. The number of amides is 1. The molecule has 1 heterocycles. The van der Waals surface area contributed by atoms with E-state index in [2.05, 4.69) is 29.4 Å². The fraction of sp³-hybridized carbons (Fsp3) is 0.400. The zero-order valence-electron chi connectivity index (χ0n) is 13.2. The number of carbonyl (C=O) groups excluding carboxylic acids is 1. The number of hydrogen-bond acceptors (Lipinski definition) is 7. The van der Waals surface area contributed by atoms with Gasteiger partial charge in [0.25, 0.3) is 5.91 Å². The fourth-order valence-corrected chi connectivity index (χ4v) is 3.34. The van der Waals surface area contributed by atoms with E-state index in [0.717, 1.165) is 10.1 Å². The van der Waals surface area contributed by atoms with Crippen molar-refractivity contribution < 1.29 is 14.3 Å². The van der Waals surface area contributed by atoms with Gasteiger partial charge in [-0.2, -0.15) is 0 Å². The molecule has 8 heteroatoms. The van der Waals surface area contributed by atoms with Crippen molar-refractivity contribution in [3.63, 3.8) is 0 Å². The van der Waals surface area contributed by atoms with Crippen LogP contribution in [-0.2, 0) is 4.79 Å². The van der Waals surface area contributed by atoms with Crippen LogP contribution in [0.2, 0.25) is 0 Å². The number of methoxy groups -OCH3 is 1. The summed E-state index contributed by atoms with van der Waals surface area (Å²) < 4.78 is 11.5. The normalized spacial score (nSPS) is 10.6. The van der Waals surface area contributed by atoms with Gasteiger partial charge in [0, 0.05) is 5.75 Å². The van der Waals surface area contributed by atoms with Crippen LogP contribution in [0, 0.1) is 5.92 Å². The Balaban J connectivity index is 1.83. The van der Waals surface area contributed by atoms with Crippen LogP contribution in [0.25, 0.3) is 0 Å². The van der Waals surface area contributed by atoms with Gasteiger partial charge in [-0.05, 0) is 18.1 Å². The van der Waals surface area contributed by atoms with Crippen LogP contribution in [0.3, 0.4) is 0 Å². The molecule has 0 aliphatic carbocycles. The first-order chi connectivity index (χ1) is 11.1. The second kappa shape index (κ2) is 8.73. The minimum Gasteiger partial charge on any atom is -0.493 e. The van der Waals surface area contributed by atoms with Crippen LogP contribution < -0.4 is 14.8 Å². The molecule has 23 heavy (non-hydrogen) atoms. The molecule has 1 aromatic heterocycles. The molecule has 0 bridgehead atoms. The molecule has 0 fully saturated rings. The lowest BCUT2D eigenvalue weighted by atomic mass is 10.3. The molecule has 6 nitrogen and oxygen atoms in total. The molecule has 0 unspecified atom stereocenters. The summed E-state index contributed by atoms with van der Waals surface area (Å²) >= 11 is 3.00. The zero-order valence-corrected chi connectivity index (χ0v) is 14.9. The second-order valence-corrected chi connectivity index (χ2v) is 7.31. The van der Waals surface area contributed by atoms with Crippen molar-refractivity contribution in [2.45, 2.75) is 18.2 Å². The molecule has 1 aromatic carbocycles. The van der Waals surface area contributed by atoms with Gasteiger partial charge in [0.05, 0.1) is 7.11 Å². The molecule has 124 valence electrons. The predicted octanol–water partition coefficient (Wildman–Crippen LogP) is 3.31. The van der Waals surface area contributed by atoms with Crippen LogP contribution in [0.1, 0.15) is 13.8 Å². The van der Waals surface area contributed by atoms with Gasteiger partial charge in [0.15, 0.2) is 22.4 Å². The summed E-state index contributed by atoms with van der Waals surface area (Å²) in [6.07, 6.45) is 0. The van der Waals surface area contributed by atoms with Crippen LogP contribution in [0.4, 0.5) is 5.13 Å². The smallest absolute Gasteiger partial charge is 0.264 e. The number of hydrogen-bond donors (Lipinski definition) is 1. The van der Waals surface area contributed by atoms with E-state index in [1.54, 1.807) is 31.0 Å². The Morgan fingerprint density at radius 1 is 1.30 bits per heavy atom. The maximum Gasteiger partial charge on any atom is 0.264 e. The van der Waals surface area contributed by atoms with E-state index in [0.29, 0.717) is 22.5 Å². The molecule has 0 aliphatic heterocycles. The summed E-state index contributed by atoms with van der Waals surface area (Å²) in [4.78, 5) is 11.9. The second-order valence-electron chi connectivity index (χ2n) is 5.07. The van der Waals surface area contributed by atoms with Crippen molar-refractivity contribution in [1.82, 2.24) is 10.2 Å². The number of benzene rings is 1. The van der Waals surface area contributed by atoms with Crippen LogP contribution >= 0.6 is 23.1 Å². The summed E-state index contributed by atoms with van der Waals surface area (Å²) in [7, 11) is 1.56. The van der Waals surface area contributed by atoms with Crippen molar-refractivity contribution in [3.8, 4) is 11.5 Å². The molecular weight excluding hydrogens is 334 g/mol. The van der Waals surface area contributed by atoms with Crippen LogP contribution in [0.5, 0.6) is 11.5 Å². The Kier molecular flexibility index (Phi) is 6.66.